The number of nitrogens with one attached hydrogen (secondary N) is 1. The summed E-state index contributed by atoms with van der Waals surface area (Å²) in [7, 11) is 1.62. The molecule has 0 spiro atoms. The van der Waals surface area contributed by atoms with E-state index in [9.17, 15) is 14.9 Å². The maximum atomic E-state index is 12.4. The summed E-state index contributed by atoms with van der Waals surface area (Å²) in [5.41, 5.74) is 2.83. The van der Waals surface area contributed by atoms with E-state index in [2.05, 4.69) is 10.3 Å². The quantitative estimate of drug-likeness (QED) is 0.400. The van der Waals surface area contributed by atoms with Crippen LogP contribution in [0.3, 0.4) is 0 Å². The third-order valence-electron chi connectivity index (χ3n) is 4.24. The number of hydrogen-bond acceptors (Lipinski definition) is 6. The molecule has 1 heterocycles. The minimum atomic E-state index is -0.623. The number of nitrogens with zero attached hydrogens (tertiary/aromatic N) is 2. The van der Waals surface area contributed by atoms with Gasteiger partial charge in [-0.15, -0.1) is 11.3 Å². The molecule has 0 aliphatic heterocycles. The maximum absolute atomic E-state index is 12.4. The van der Waals surface area contributed by atoms with Gasteiger partial charge >= 0.3 is 0 Å². The number of nitro groups is 1. The zero-order valence-corrected chi connectivity index (χ0v) is 15.6. The minimum absolute atomic E-state index is 0.0168. The molecular formula is C18H12ClN3O4S. The molecule has 0 bridgehead atoms. The summed E-state index contributed by atoms with van der Waals surface area (Å²) >= 11 is 7.17. The Morgan fingerprint density at radius 3 is 2.89 bits per heavy atom. The number of nitro benzene ring substituents is 1. The summed E-state index contributed by atoms with van der Waals surface area (Å²) in [5.74, 6) is 0.318. The van der Waals surface area contributed by atoms with Crippen molar-refractivity contribution >= 4 is 39.7 Å². The van der Waals surface area contributed by atoms with Crippen molar-refractivity contribution in [2.75, 3.05) is 12.4 Å². The molecule has 1 amide bonds. The summed E-state index contributed by atoms with van der Waals surface area (Å²) in [6, 6.07) is 9.73. The Labute approximate surface area is 162 Å². The number of fused-ring (bicyclic) bond motifs is 3. The van der Waals surface area contributed by atoms with Crippen molar-refractivity contribution in [3.8, 4) is 17.0 Å². The molecule has 1 aliphatic carbocycles. The summed E-state index contributed by atoms with van der Waals surface area (Å²) < 4.78 is 5.24. The van der Waals surface area contributed by atoms with Gasteiger partial charge in [0.1, 0.15) is 10.8 Å². The fourth-order valence-electron chi connectivity index (χ4n) is 2.95. The van der Waals surface area contributed by atoms with E-state index in [1.54, 1.807) is 7.11 Å². The topological polar surface area (TPSA) is 94.4 Å². The number of carbonyl (C=O) groups excluding carboxylic acids is 1. The first-order valence-corrected chi connectivity index (χ1v) is 9.08. The van der Waals surface area contributed by atoms with Gasteiger partial charge in [0, 0.05) is 28.5 Å². The van der Waals surface area contributed by atoms with Gasteiger partial charge in [0.05, 0.1) is 17.7 Å². The lowest BCUT2D eigenvalue weighted by molar-refractivity contribution is -0.384. The number of amides is 1. The Morgan fingerprint density at radius 2 is 2.15 bits per heavy atom. The normalized spacial score (nSPS) is 11.6. The molecule has 4 rings (SSSR count). The number of carbonyl (C=O) groups is 1. The van der Waals surface area contributed by atoms with Crippen LogP contribution in [0.4, 0.5) is 10.8 Å². The van der Waals surface area contributed by atoms with Gasteiger partial charge in [-0.3, -0.25) is 20.2 Å². The number of halogens is 1. The minimum Gasteiger partial charge on any atom is -0.497 e. The zero-order valence-electron chi connectivity index (χ0n) is 14.0. The van der Waals surface area contributed by atoms with E-state index in [1.807, 2.05) is 18.2 Å². The van der Waals surface area contributed by atoms with Crippen LogP contribution >= 0.6 is 22.9 Å². The smallest absolute Gasteiger partial charge is 0.288 e. The van der Waals surface area contributed by atoms with Crippen molar-refractivity contribution in [3.63, 3.8) is 0 Å². The van der Waals surface area contributed by atoms with E-state index >= 15 is 0 Å². The second-order valence-corrected chi connectivity index (χ2v) is 7.36. The molecule has 1 aromatic heterocycles. The highest BCUT2D eigenvalue weighted by molar-refractivity contribution is 7.16. The molecule has 0 fully saturated rings. The van der Waals surface area contributed by atoms with Gasteiger partial charge in [0.2, 0.25) is 0 Å². The monoisotopic (exact) mass is 401 g/mol. The molecule has 7 nitrogen and oxygen atoms in total. The van der Waals surface area contributed by atoms with Crippen LogP contribution in [0.25, 0.3) is 11.3 Å². The molecule has 0 atom stereocenters. The van der Waals surface area contributed by atoms with Gasteiger partial charge in [-0.05, 0) is 35.9 Å². The van der Waals surface area contributed by atoms with Crippen molar-refractivity contribution in [2.45, 2.75) is 6.42 Å². The van der Waals surface area contributed by atoms with Crippen molar-refractivity contribution in [2.24, 2.45) is 0 Å². The Balaban J connectivity index is 1.58. The lowest BCUT2D eigenvalue weighted by Crippen LogP contribution is -2.12. The molecule has 0 unspecified atom stereocenters. The van der Waals surface area contributed by atoms with E-state index < -0.39 is 10.8 Å². The predicted octanol–water partition coefficient (Wildman–Crippen LogP) is 4.54. The molecule has 2 aromatic carbocycles. The van der Waals surface area contributed by atoms with Crippen LogP contribution in [0.5, 0.6) is 5.75 Å². The fraction of sp³-hybridized carbons (Fsp3) is 0.111. The Hall–Kier alpha value is -2.97. The van der Waals surface area contributed by atoms with Crippen LogP contribution < -0.4 is 10.1 Å². The first-order chi connectivity index (χ1) is 13.0. The first kappa shape index (κ1) is 17.4. The van der Waals surface area contributed by atoms with Crippen LogP contribution in [0.1, 0.15) is 20.8 Å². The fourth-order valence-corrected chi connectivity index (χ4v) is 4.13. The van der Waals surface area contributed by atoms with E-state index in [0.29, 0.717) is 5.13 Å². The molecule has 1 N–H and O–H groups in total. The van der Waals surface area contributed by atoms with Crippen LogP contribution in [0.2, 0.25) is 5.02 Å². The van der Waals surface area contributed by atoms with E-state index in [-0.39, 0.29) is 16.3 Å². The summed E-state index contributed by atoms with van der Waals surface area (Å²) in [6.07, 6.45) is 0.724. The lowest BCUT2D eigenvalue weighted by atomic mass is 10.1. The zero-order chi connectivity index (χ0) is 19.1. The van der Waals surface area contributed by atoms with Gasteiger partial charge in [-0.2, -0.15) is 0 Å². The molecule has 1 aliphatic rings. The van der Waals surface area contributed by atoms with E-state index in [0.717, 1.165) is 39.9 Å². The van der Waals surface area contributed by atoms with Crippen molar-refractivity contribution in [1.29, 1.82) is 0 Å². The molecule has 136 valence electrons. The van der Waals surface area contributed by atoms with Gasteiger partial charge in [-0.1, -0.05) is 11.6 Å². The van der Waals surface area contributed by atoms with Gasteiger partial charge in [-0.25, -0.2) is 4.98 Å². The van der Waals surface area contributed by atoms with Crippen molar-refractivity contribution in [3.05, 3.63) is 67.5 Å². The Kier molecular flexibility index (Phi) is 4.29. The highest BCUT2D eigenvalue weighted by Crippen LogP contribution is 2.42. The van der Waals surface area contributed by atoms with Gasteiger partial charge in [0.25, 0.3) is 11.6 Å². The highest BCUT2D eigenvalue weighted by atomic mass is 35.5. The summed E-state index contributed by atoms with van der Waals surface area (Å²) in [4.78, 5) is 28.4. The molecular weight excluding hydrogens is 390 g/mol. The average molecular weight is 402 g/mol. The van der Waals surface area contributed by atoms with Gasteiger partial charge in [0.15, 0.2) is 5.13 Å². The van der Waals surface area contributed by atoms with Crippen LogP contribution in [-0.4, -0.2) is 22.9 Å². The third-order valence-corrected chi connectivity index (χ3v) is 5.53. The van der Waals surface area contributed by atoms with Crippen LogP contribution in [-0.2, 0) is 6.42 Å². The standard InChI is InChI=1S/C18H12ClN3O4S/c1-26-11-3-4-12-10(6-11)8-15-16(12)20-18(27-15)21-17(23)9-2-5-13(19)14(7-9)22(24)25/h2-7H,8H2,1H3,(H,20,21,23). The first-order valence-electron chi connectivity index (χ1n) is 7.88. The SMILES string of the molecule is COc1ccc2c(c1)Cc1sc(NC(=O)c3ccc(Cl)c([N+](=O)[O-])c3)nc1-2. The Morgan fingerprint density at radius 1 is 1.33 bits per heavy atom. The van der Waals surface area contributed by atoms with Crippen molar-refractivity contribution < 1.29 is 14.5 Å². The number of anilines is 1. The number of hydrogen-bond donors (Lipinski definition) is 1. The number of rotatable bonds is 4. The number of aromatic nitrogens is 1. The second-order valence-electron chi connectivity index (χ2n) is 5.87. The summed E-state index contributed by atoms with van der Waals surface area (Å²) in [5, 5.41) is 14.1. The number of ether oxygens (including phenoxy) is 1. The predicted molar refractivity (Wildman–Crippen MR) is 103 cm³/mol. The number of thiazole rings is 1. The number of methoxy groups -OCH3 is 1. The van der Waals surface area contributed by atoms with Crippen LogP contribution in [0, 0.1) is 10.1 Å². The largest absolute Gasteiger partial charge is 0.497 e. The molecule has 3 aromatic rings. The van der Waals surface area contributed by atoms with Crippen LogP contribution in [0.15, 0.2) is 36.4 Å². The lowest BCUT2D eigenvalue weighted by Gasteiger charge is -2.04. The molecule has 0 saturated heterocycles. The Bertz CT molecular complexity index is 1100. The molecule has 9 heteroatoms. The molecule has 0 saturated carbocycles. The highest BCUT2D eigenvalue weighted by Gasteiger charge is 2.25. The third kappa shape index (κ3) is 3.13. The van der Waals surface area contributed by atoms with Crippen molar-refractivity contribution in [1.82, 2.24) is 4.98 Å². The molecule has 0 radical (unpaired) electrons. The molecule has 27 heavy (non-hydrogen) atoms. The van der Waals surface area contributed by atoms with E-state index in [4.69, 9.17) is 16.3 Å². The van der Waals surface area contributed by atoms with E-state index in [1.165, 1.54) is 23.5 Å². The number of benzene rings is 2. The maximum Gasteiger partial charge on any atom is 0.288 e. The summed E-state index contributed by atoms with van der Waals surface area (Å²) in [6.45, 7) is 0. The van der Waals surface area contributed by atoms with Gasteiger partial charge < -0.3 is 4.74 Å². The average Bonchev–Trinajstić information content (AvgIpc) is 3.17. The second kappa shape index (κ2) is 6.64.